The summed E-state index contributed by atoms with van der Waals surface area (Å²) in [5.74, 6) is 0.364. The molecule has 0 saturated heterocycles. The van der Waals surface area contributed by atoms with Gasteiger partial charge in [0, 0.05) is 28.4 Å². The van der Waals surface area contributed by atoms with Crippen molar-refractivity contribution in [2.45, 2.75) is 23.8 Å². The fourth-order valence-electron chi connectivity index (χ4n) is 2.57. The fraction of sp³-hybridized carbons (Fsp3) is 0.333. The van der Waals surface area contributed by atoms with Gasteiger partial charge in [0.1, 0.15) is 0 Å². The van der Waals surface area contributed by atoms with Crippen molar-refractivity contribution in [1.82, 2.24) is 4.72 Å². The molecule has 6 heteroatoms. The van der Waals surface area contributed by atoms with Crippen LogP contribution >= 0.6 is 11.6 Å². The summed E-state index contributed by atoms with van der Waals surface area (Å²) in [7, 11) is -3.61. The molecule has 112 valence electrons. The molecule has 1 aliphatic carbocycles. The number of fused-ring (bicyclic) bond motifs is 1. The van der Waals surface area contributed by atoms with Gasteiger partial charge < -0.3 is 5.73 Å². The maximum absolute atomic E-state index is 12.6. The second-order valence-electron chi connectivity index (χ2n) is 5.39. The third-order valence-corrected chi connectivity index (χ3v) is 5.75. The lowest BCUT2D eigenvalue weighted by atomic mass is 10.1. The van der Waals surface area contributed by atoms with E-state index in [0.717, 1.165) is 18.2 Å². The van der Waals surface area contributed by atoms with E-state index in [4.69, 9.17) is 17.3 Å². The van der Waals surface area contributed by atoms with Gasteiger partial charge in [0.2, 0.25) is 10.0 Å². The molecule has 21 heavy (non-hydrogen) atoms. The van der Waals surface area contributed by atoms with Crippen molar-refractivity contribution >= 4 is 32.4 Å². The van der Waals surface area contributed by atoms with E-state index >= 15 is 0 Å². The van der Waals surface area contributed by atoms with Crippen LogP contribution in [-0.4, -0.2) is 21.0 Å². The lowest BCUT2D eigenvalue weighted by Gasteiger charge is -2.17. The minimum absolute atomic E-state index is 0.190. The first kappa shape index (κ1) is 14.8. The summed E-state index contributed by atoms with van der Waals surface area (Å²) in [5.41, 5.74) is 5.69. The highest BCUT2D eigenvalue weighted by molar-refractivity contribution is 7.89. The quantitative estimate of drug-likeness (QED) is 0.887. The molecule has 0 aliphatic heterocycles. The van der Waals surface area contributed by atoms with Crippen LogP contribution in [-0.2, 0) is 10.0 Å². The minimum Gasteiger partial charge on any atom is -0.329 e. The van der Waals surface area contributed by atoms with E-state index in [1.165, 1.54) is 0 Å². The Morgan fingerprint density at radius 1 is 1.19 bits per heavy atom. The van der Waals surface area contributed by atoms with Crippen LogP contribution in [0.3, 0.4) is 0 Å². The van der Waals surface area contributed by atoms with Crippen LogP contribution in [0.4, 0.5) is 0 Å². The molecule has 3 N–H and O–H groups in total. The van der Waals surface area contributed by atoms with Crippen molar-refractivity contribution in [3.63, 3.8) is 0 Å². The topological polar surface area (TPSA) is 72.2 Å². The van der Waals surface area contributed by atoms with Crippen molar-refractivity contribution in [2.24, 2.45) is 11.7 Å². The zero-order valence-electron chi connectivity index (χ0n) is 11.4. The smallest absolute Gasteiger partial charge is 0.241 e. The molecule has 1 saturated carbocycles. The highest BCUT2D eigenvalue weighted by atomic mass is 35.5. The van der Waals surface area contributed by atoms with E-state index < -0.39 is 10.0 Å². The fourth-order valence-corrected chi connectivity index (χ4v) is 4.32. The van der Waals surface area contributed by atoms with E-state index in [9.17, 15) is 8.42 Å². The van der Waals surface area contributed by atoms with Crippen molar-refractivity contribution in [3.8, 4) is 0 Å². The Kier molecular flexibility index (Phi) is 3.92. The Morgan fingerprint density at radius 2 is 1.86 bits per heavy atom. The molecule has 0 bridgehead atoms. The first-order chi connectivity index (χ1) is 10.0. The number of halogens is 1. The van der Waals surface area contributed by atoms with Gasteiger partial charge in [-0.3, -0.25) is 0 Å². The molecule has 0 radical (unpaired) electrons. The van der Waals surface area contributed by atoms with Gasteiger partial charge in [-0.05, 0) is 30.9 Å². The highest BCUT2D eigenvalue weighted by Crippen LogP contribution is 2.34. The van der Waals surface area contributed by atoms with Gasteiger partial charge in [-0.25, -0.2) is 13.1 Å². The van der Waals surface area contributed by atoms with Crippen LogP contribution in [0.5, 0.6) is 0 Å². The average molecular weight is 325 g/mol. The standard InChI is InChI=1S/C15H17ClN2O2S/c16-13-7-8-15(12-4-2-1-3-11(12)13)21(19,20)18-14(9-17)10-5-6-10/h1-4,7-8,10,14,18H,5-6,9,17H2. The Morgan fingerprint density at radius 3 is 2.48 bits per heavy atom. The summed E-state index contributed by atoms with van der Waals surface area (Å²) in [5, 5.41) is 1.91. The van der Waals surface area contributed by atoms with Crippen molar-refractivity contribution in [3.05, 3.63) is 41.4 Å². The van der Waals surface area contributed by atoms with Gasteiger partial charge in [-0.1, -0.05) is 35.9 Å². The largest absolute Gasteiger partial charge is 0.329 e. The van der Waals surface area contributed by atoms with Gasteiger partial charge in [-0.2, -0.15) is 0 Å². The van der Waals surface area contributed by atoms with Gasteiger partial charge in [0.15, 0.2) is 0 Å². The van der Waals surface area contributed by atoms with E-state index in [0.29, 0.717) is 22.9 Å². The number of nitrogens with one attached hydrogen (secondary N) is 1. The molecular formula is C15H17ClN2O2S. The second-order valence-corrected chi connectivity index (χ2v) is 7.48. The van der Waals surface area contributed by atoms with Crippen molar-refractivity contribution < 1.29 is 8.42 Å². The van der Waals surface area contributed by atoms with Crippen LogP contribution in [0, 0.1) is 5.92 Å². The second kappa shape index (κ2) is 5.57. The first-order valence-electron chi connectivity index (χ1n) is 6.92. The lowest BCUT2D eigenvalue weighted by Crippen LogP contribution is -2.41. The summed E-state index contributed by atoms with van der Waals surface area (Å²) in [6.07, 6.45) is 2.07. The van der Waals surface area contributed by atoms with Crippen LogP contribution in [0.2, 0.25) is 5.02 Å². The summed E-state index contributed by atoms with van der Waals surface area (Å²) < 4.78 is 28.0. The molecule has 3 rings (SSSR count). The summed E-state index contributed by atoms with van der Waals surface area (Å²) in [4.78, 5) is 0.251. The molecule has 0 heterocycles. The van der Waals surface area contributed by atoms with E-state index in [1.54, 1.807) is 24.3 Å². The minimum atomic E-state index is -3.61. The van der Waals surface area contributed by atoms with Crippen molar-refractivity contribution in [1.29, 1.82) is 0 Å². The third-order valence-electron chi connectivity index (χ3n) is 3.87. The number of hydrogen-bond donors (Lipinski definition) is 2. The van der Waals surface area contributed by atoms with Gasteiger partial charge in [0.05, 0.1) is 4.90 Å². The average Bonchev–Trinajstić information content (AvgIpc) is 3.30. The van der Waals surface area contributed by atoms with Gasteiger partial charge in [0.25, 0.3) is 0 Å². The molecule has 1 unspecified atom stereocenters. The van der Waals surface area contributed by atoms with Crippen LogP contribution < -0.4 is 10.5 Å². The highest BCUT2D eigenvalue weighted by Gasteiger charge is 2.33. The van der Waals surface area contributed by atoms with E-state index in [1.807, 2.05) is 12.1 Å². The Balaban J connectivity index is 2.04. The number of sulfonamides is 1. The Labute approximate surface area is 129 Å². The SMILES string of the molecule is NCC(NS(=O)(=O)c1ccc(Cl)c2ccccc12)C1CC1. The predicted octanol–water partition coefficient (Wildman–Crippen LogP) is 2.51. The van der Waals surface area contributed by atoms with E-state index in [2.05, 4.69) is 4.72 Å². The molecule has 2 aromatic carbocycles. The zero-order chi connectivity index (χ0) is 15.0. The number of benzene rings is 2. The molecule has 2 aromatic rings. The van der Waals surface area contributed by atoms with Crippen molar-refractivity contribution in [2.75, 3.05) is 6.54 Å². The molecule has 4 nitrogen and oxygen atoms in total. The maximum Gasteiger partial charge on any atom is 0.241 e. The number of nitrogens with two attached hydrogens (primary N) is 1. The number of hydrogen-bond acceptors (Lipinski definition) is 3. The predicted molar refractivity (Wildman–Crippen MR) is 84.8 cm³/mol. The Bertz CT molecular complexity index is 772. The lowest BCUT2D eigenvalue weighted by molar-refractivity contribution is 0.520. The maximum atomic E-state index is 12.6. The molecule has 0 spiro atoms. The van der Waals surface area contributed by atoms with E-state index in [-0.39, 0.29) is 10.9 Å². The molecular weight excluding hydrogens is 308 g/mol. The van der Waals surface area contributed by atoms with Gasteiger partial charge >= 0.3 is 0 Å². The molecule has 1 atom stereocenters. The molecule has 0 amide bonds. The zero-order valence-corrected chi connectivity index (χ0v) is 13.0. The summed E-state index contributed by atoms with van der Waals surface area (Å²) >= 11 is 6.14. The summed E-state index contributed by atoms with van der Waals surface area (Å²) in [6.45, 7) is 0.315. The van der Waals surface area contributed by atoms with Crippen LogP contribution in [0.25, 0.3) is 10.8 Å². The normalized spacial score (nSPS) is 17.0. The Hall–Kier alpha value is -1.14. The number of rotatable bonds is 5. The molecule has 1 fully saturated rings. The first-order valence-corrected chi connectivity index (χ1v) is 8.78. The third kappa shape index (κ3) is 2.92. The van der Waals surface area contributed by atoms with Gasteiger partial charge in [-0.15, -0.1) is 0 Å². The monoisotopic (exact) mass is 324 g/mol. The van der Waals surface area contributed by atoms with Crippen LogP contribution in [0.1, 0.15) is 12.8 Å². The van der Waals surface area contributed by atoms with Crippen LogP contribution in [0.15, 0.2) is 41.3 Å². The molecule has 1 aliphatic rings. The molecule has 0 aromatic heterocycles. The summed E-state index contributed by atoms with van der Waals surface area (Å²) in [6, 6.07) is 10.2.